The molecule has 0 fully saturated rings. The van der Waals surface area contributed by atoms with E-state index in [4.69, 9.17) is 5.11 Å². The molecule has 0 aliphatic rings. The van der Waals surface area contributed by atoms with Gasteiger partial charge in [0.25, 0.3) is 5.91 Å². The molecule has 5 nitrogen and oxygen atoms in total. The van der Waals surface area contributed by atoms with Crippen molar-refractivity contribution in [3.05, 3.63) is 65.2 Å². The van der Waals surface area contributed by atoms with Crippen LogP contribution in [0.3, 0.4) is 0 Å². The second kappa shape index (κ2) is 7.99. The van der Waals surface area contributed by atoms with Crippen LogP contribution in [0.1, 0.15) is 15.9 Å². The van der Waals surface area contributed by atoms with E-state index in [2.05, 4.69) is 5.32 Å². The van der Waals surface area contributed by atoms with Crippen LogP contribution in [0.25, 0.3) is 6.08 Å². The van der Waals surface area contributed by atoms with Crippen molar-refractivity contribution in [3.63, 3.8) is 0 Å². The Balaban J connectivity index is 2.14. The molecule has 2 aromatic carbocycles. The Morgan fingerprint density at radius 2 is 1.75 bits per heavy atom. The molecule has 0 aliphatic heterocycles. The van der Waals surface area contributed by atoms with Gasteiger partial charge in [-0.25, -0.2) is 4.79 Å². The summed E-state index contributed by atoms with van der Waals surface area (Å²) in [6.45, 7) is 0. The minimum Gasteiger partial charge on any atom is -0.478 e. The van der Waals surface area contributed by atoms with Gasteiger partial charge < -0.3 is 10.4 Å². The molecule has 0 unspecified atom stereocenters. The van der Waals surface area contributed by atoms with Crippen LogP contribution in [0, 0.1) is 11.3 Å². The van der Waals surface area contributed by atoms with Crippen molar-refractivity contribution < 1.29 is 14.7 Å². The molecule has 0 bridgehead atoms. The number of anilines is 1. The fourth-order valence-corrected chi connectivity index (χ4v) is 2.32. The molecule has 0 saturated carbocycles. The highest BCUT2D eigenvalue weighted by molar-refractivity contribution is 7.98. The number of aromatic carboxylic acids is 1. The third-order valence-corrected chi connectivity index (χ3v) is 3.93. The van der Waals surface area contributed by atoms with Crippen LogP contribution in [0.4, 0.5) is 5.69 Å². The van der Waals surface area contributed by atoms with E-state index in [9.17, 15) is 14.9 Å². The molecular weight excluding hydrogens is 324 g/mol. The van der Waals surface area contributed by atoms with E-state index < -0.39 is 11.9 Å². The molecule has 0 aromatic heterocycles. The van der Waals surface area contributed by atoms with Crippen molar-refractivity contribution in [3.8, 4) is 6.07 Å². The lowest BCUT2D eigenvalue weighted by atomic mass is 10.1. The lowest BCUT2D eigenvalue weighted by molar-refractivity contribution is -0.112. The van der Waals surface area contributed by atoms with Crippen molar-refractivity contribution in [2.45, 2.75) is 4.90 Å². The maximum absolute atomic E-state index is 12.2. The number of hydrogen-bond donors (Lipinski definition) is 2. The third kappa shape index (κ3) is 4.48. The molecule has 1 amide bonds. The van der Waals surface area contributed by atoms with Crippen LogP contribution in [0.2, 0.25) is 0 Å². The number of hydrogen-bond acceptors (Lipinski definition) is 4. The standard InChI is InChI=1S/C18H14N2O3S/c1-24-16-8-2-12(3-9-16)10-14(11-19)17(21)20-15-6-4-13(5-7-15)18(22)23/h2-10H,1H3,(H,20,21)(H,22,23). The molecule has 2 rings (SSSR count). The summed E-state index contributed by atoms with van der Waals surface area (Å²) in [6.07, 6.45) is 3.47. The first-order valence-electron chi connectivity index (χ1n) is 6.94. The SMILES string of the molecule is CSc1ccc(C=C(C#N)C(=O)Nc2ccc(C(=O)O)cc2)cc1. The number of carboxylic acids is 1. The van der Waals surface area contributed by atoms with E-state index in [0.29, 0.717) is 5.69 Å². The van der Waals surface area contributed by atoms with Crippen LogP contribution >= 0.6 is 11.8 Å². The van der Waals surface area contributed by atoms with Gasteiger partial charge in [0.15, 0.2) is 0 Å². The summed E-state index contributed by atoms with van der Waals surface area (Å²) in [4.78, 5) is 24.1. The minimum atomic E-state index is -1.04. The first-order chi connectivity index (χ1) is 11.5. The molecule has 2 N–H and O–H groups in total. The number of nitrogens with one attached hydrogen (secondary N) is 1. The number of nitrogens with zero attached hydrogens (tertiary/aromatic N) is 1. The summed E-state index contributed by atoms with van der Waals surface area (Å²) >= 11 is 1.61. The quantitative estimate of drug-likeness (QED) is 0.493. The van der Waals surface area contributed by atoms with E-state index in [1.54, 1.807) is 11.8 Å². The first-order valence-corrected chi connectivity index (χ1v) is 8.16. The average Bonchev–Trinajstić information content (AvgIpc) is 2.60. The van der Waals surface area contributed by atoms with Gasteiger partial charge >= 0.3 is 5.97 Å². The van der Waals surface area contributed by atoms with Crippen molar-refractivity contribution in [1.82, 2.24) is 0 Å². The number of thioether (sulfide) groups is 1. The van der Waals surface area contributed by atoms with Crippen LogP contribution < -0.4 is 5.32 Å². The highest BCUT2D eigenvalue weighted by Gasteiger charge is 2.10. The number of nitriles is 1. The number of carbonyl (C=O) groups excluding carboxylic acids is 1. The number of rotatable bonds is 5. The highest BCUT2D eigenvalue weighted by atomic mass is 32.2. The molecular formula is C18H14N2O3S. The number of benzene rings is 2. The van der Waals surface area contributed by atoms with E-state index >= 15 is 0 Å². The van der Waals surface area contributed by atoms with Crippen LogP contribution in [0.5, 0.6) is 0 Å². The topological polar surface area (TPSA) is 90.2 Å². The normalized spacial score (nSPS) is 10.8. The maximum atomic E-state index is 12.2. The smallest absolute Gasteiger partial charge is 0.335 e. The molecule has 0 spiro atoms. The Labute approximate surface area is 143 Å². The first kappa shape index (κ1) is 17.3. The zero-order valence-corrected chi connectivity index (χ0v) is 13.6. The van der Waals surface area contributed by atoms with Gasteiger partial charge in [-0.2, -0.15) is 5.26 Å². The predicted molar refractivity (Wildman–Crippen MR) is 93.8 cm³/mol. The molecule has 6 heteroatoms. The summed E-state index contributed by atoms with van der Waals surface area (Å²) in [6, 6.07) is 15.1. The second-order valence-electron chi connectivity index (χ2n) is 4.78. The molecule has 0 heterocycles. The average molecular weight is 338 g/mol. The van der Waals surface area contributed by atoms with Gasteiger partial charge in [0, 0.05) is 10.6 Å². The second-order valence-corrected chi connectivity index (χ2v) is 5.66. The molecule has 2 aromatic rings. The summed E-state index contributed by atoms with van der Waals surface area (Å²) in [5.74, 6) is -1.59. The molecule has 24 heavy (non-hydrogen) atoms. The van der Waals surface area contributed by atoms with Crippen LogP contribution in [0.15, 0.2) is 59.0 Å². The van der Waals surface area contributed by atoms with Crippen molar-refractivity contribution >= 4 is 35.4 Å². The van der Waals surface area contributed by atoms with E-state index in [0.717, 1.165) is 10.5 Å². The van der Waals surface area contributed by atoms with Crippen molar-refractivity contribution in [2.24, 2.45) is 0 Å². The molecule has 0 saturated heterocycles. The summed E-state index contributed by atoms with van der Waals surface area (Å²) in [5, 5.41) is 20.6. The van der Waals surface area contributed by atoms with Gasteiger partial charge in [0.05, 0.1) is 5.56 Å². The minimum absolute atomic E-state index is 0.0331. The highest BCUT2D eigenvalue weighted by Crippen LogP contribution is 2.17. The zero-order valence-electron chi connectivity index (χ0n) is 12.8. The van der Waals surface area contributed by atoms with Gasteiger partial charge in [0.1, 0.15) is 11.6 Å². The summed E-state index contributed by atoms with van der Waals surface area (Å²) < 4.78 is 0. The third-order valence-electron chi connectivity index (χ3n) is 3.18. The fourth-order valence-electron chi connectivity index (χ4n) is 1.91. The Kier molecular flexibility index (Phi) is 5.77. The van der Waals surface area contributed by atoms with Crippen LogP contribution in [-0.2, 0) is 4.79 Å². The monoisotopic (exact) mass is 338 g/mol. The van der Waals surface area contributed by atoms with E-state index in [-0.39, 0.29) is 11.1 Å². The molecule has 0 atom stereocenters. The lowest BCUT2D eigenvalue weighted by Gasteiger charge is -2.05. The molecule has 120 valence electrons. The van der Waals surface area contributed by atoms with Crippen LogP contribution in [-0.4, -0.2) is 23.2 Å². The van der Waals surface area contributed by atoms with Gasteiger partial charge in [0.2, 0.25) is 0 Å². The van der Waals surface area contributed by atoms with E-state index in [1.165, 1.54) is 30.3 Å². The van der Waals surface area contributed by atoms with Gasteiger partial charge in [-0.1, -0.05) is 12.1 Å². The summed E-state index contributed by atoms with van der Waals surface area (Å²) in [5.41, 5.74) is 1.26. The zero-order chi connectivity index (χ0) is 17.5. The van der Waals surface area contributed by atoms with Crippen molar-refractivity contribution in [2.75, 3.05) is 11.6 Å². The van der Waals surface area contributed by atoms with Gasteiger partial charge in [-0.05, 0) is 54.3 Å². The van der Waals surface area contributed by atoms with Crippen molar-refractivity contribution in [1.29, 1.82) is 5.26 Å². The van der Waals surface area contributed by atoms with E-state index in [1.807, 2.05) is 36.6 Å². The van der Waals surface area contributed by atoms with Gasteiger partial charge in [-0.3, -0.25) is 4.79 Å². The number of carboxylic acid groups (broad SMARTS) is 1. The number of carbonyl (C=O) groups is 2. The predicted octanol–water partition coefficient (Wildman–Crippen LogP) is 3.65. The molecule has 0 aliphatic carbocycles. The molecule has 0 radical (unpaired) electrons. The Bertz CT molecular complexity index is 819. The largest absolute Gasteiger partial charge is 0.478 e. The lowest BCUT2D eigenvalue weighted by Crippen LogP contribution is -2.13. The maximum Gasteiger partial charge on any atom is 0.335 e. The number of amides is 1. The summed E-state index contributed by atoms with van der Waals surface area (Å²) in [7, 11) is 0. The van der Waals surface area contributed by atoms with Gasteiger partial charge in [-0.15, -0.1) is 11.8 Å². The fraction of sp³-hybridized carbons (Fsp3) is 0.0556. The Hall–Kier alpha value is -3.04. The Morgan fingerprint density at radius 3 is 2.25 bits per heavy atom. The Morgan fingerprint density at radius 1 is 1.12 bits per heavy atom.